The third kappa shape index (κ3) is 6.70. The van der Waals surface area contributed by atoms with E-state index in [0.717, 1.165) is 21.0 Å². The van der Waals surface area contributed by atoms with Gasteiger partial charge in [0.2, 0.25) is 5.91 Å². The van der Waals surface area contributed by atoms with Gasteiger partial charge in [-0.1, -0.05) is 48.0 Å². The molecule has 4 rings (SSSR count). The molecule has 0 saturated heterocycles. The Hall–Kier alpha value is -3.81. The predicted octanol–water partition coefficient (Wildman–Crippen LogP) is 6.37. The lowest BCUT2D eigenvalue weighted by Gasteiger charge is -2.25. The van der Waals surface area contributed by atoms with E-state index in [1.54, 1.807) is 36.4 Å². The summed E-state index contributed by atoms with van der Waals surface area (Å²) in [5.41, 5.74) is 3.92. The van der Waals surface area contributed by atoms with Gasteiger partial charge in [-0.25, -0.2) is 8.42 Å². The van der Waals surface area contributed by atoms with Crippen molar-refractivity contribution < 1.29 is 17.9 Å². The van der Waals surface area contributed by atoms with E-state index < -0.39 is 22.5 Å². The van der Waals surface area contributed by atoms with Gasteiger partial charge in [0.15, 0.2) is 0 Å². The largest absolute Gasteiger partial charge is 0.489 e. The minimum atomic E-state index is -4.03. The summed E-state index contributed by atoms with van der Waals surface area (Å²) in [4.78, 5) is 13.1. The fourth-order valence-electron chi connectivity index (χ4n) is 3.64. The fourth-order valence-corrected chi connectivity index (χ4v) is 5.17. The third-order valence-corrected chi connectivity index (χ3v) is 7.89. The van der Waals surface area contributed by atoms with Crippen LogP contribution in [-0.4, -0.2) is 20.9 Å². The molecule has 0 aliphatic heterocycles. The van der Waals surface area contributed by atoms with Gasteiger partial charge in [-0.05, 0) is 91.2 Å². The van der Waals surface area contributed by atoms with Crippen LogP contribution in [-0.2, 0) is 21.4 Å². The van der Waals surface area contributed by atoms with E-state index in [0.29, 0.717) is 28.8 Å². The first-order valence-corrected chi connectivity index (χ1v) is 13.5. The molecule has 190 valence electrons. The van der Waals surface area contributed by atoms with Crippen molar-refractivity contribution >= 4 is 38.9 Å². The van der Waals surface area contributed by atoms with Crippen molar-refractivity contribution in [2.75, 3.05) is 16.2 Å². The van der Waals surface area contributed by atoms with E-state index in [9.17, 15) is 13.2 Å². The molecular formula is C29H27ClN2O4S. The van der Waals surface area contributed by atoms with Crippen molar-refractivity contribution in [3.05, 3.63) is 119 Å². The fraction of sp³-hybridized carbons (Fsp3) is 0.138. The van der Waals surface area contributed by atoms with Crippen molar-refractivity contribution in [1.29, 1.82) is 0 Å². The third-order valence-electron chi connectivity index (χ3n) is 5.85. The van der Waals surface area contributed by atoms with Crippen molar-refractivity contribution in [3.8, 4) is 5.75 Å². The van der Waals surface area contributed by atoms with E-state index in [4.69, 9.17) is 16.3 Å². The molecule has 0 saturated carbocycles. The van der Waals surface area contributed by atoms with Crippen molar-refractivity contribution in [1.82, 2.24) is 0 Å². The molecular weight excluding hydrogens is 508 g/mol. The smallest absolute Gasteiger partial charge is 0.264 e. The molecule has 0 unspecified atom stereocenters. The van der Waals surface area contributed by atoms with Gasteiger partial charge in [0.1, 0.15) is 18.9 Å². The van der Waals surface area contributed by atoms with Gasteiger partial charge in [0.25, 0.3) is 10.0 Å². The second kappa shape index (κ2) is 11.5. The number of hydrogen-bond donors (Lipinski definition) is 1. The van der Waals surface area contributed by atoms with Gasteiger partial charge < -0.3 is 10.1 Å². The summed E-state index contributed by atoms with van der Waals surface area (Å²) < 4.78 is 34.0. The van der Waals surface area contributed by atoms with Gasteiger partial charge in [0, 0.05) is 10.7 Å². The molecule has 0 spiro atoms. The molecule has 8 heteroatoms. The standard InChI is InChI=1S/C29H27ClN2O4S/c1-21-8-13-26(18-22(21)2)32(37(34,35)28-16-9-24(30)10-17-28)19-29(33)31-25-11-14-27(15-12-25)36-20-23-6-4-3-5-7-23/h3-18H,19-20H2,1-2H3,(H,31,33). The van der Waals surface area contributed by atoms with Crippen LogP contribution < -0.4 is 14.4 Å². The molecule has 0 bridgehead atoms. The molecule has 0 fully saturated rings. The Morgan fingerprint density at radius 1 is 0.865 bits per heavy atom. The lowest BCUT2D eigenvalue weighted by molar-refractivity contribution is -0.114. The van der Waals surface area contributed by atoms with Gasteiger partial charge in [-0.3, -0.25) is 9.10 Å². The first-order chi connectivity index (χ1) is 17.7. The normalized spacial score (nSPS) is 11.1. The monoisotopic (exact) mass is 534 g/mol. The molecule has 37 heavy (non-hydrogen) atoms. The number of carbonyl (C=O) groups is 1. The van der Waals surface area contributed by atoms with Crippen LogP contribution in [0.3, 0.4) is 0 Å². The number of carbonyl (C=O) groups excluding carboxylic acids is 1. The number of nitrogens with one attached hydrogen (secondary N) is 1. The number of anilines is 2. The van der Waals surface area contributed by atoms with Crippen LogP contribution in [0.1, 0.15) is 16.7 Å². The first kappa shape index (κ1) is 26.3. The van der Waals surface area contributed by atoms with Crippen LogP contribution in [0.4, 0.5) is 11.4 Å². The minimum absolute atomic E-state index is 0.0443. The summed E-state index contributed by atoms with van der Waals surface area (Å²) in [6, 6.07) is 27.9. The Bertz CT molecular complexity index is 1470. The van der Waals surface area contributed by atoms with Crippen LogP contribution in [0.2, 0.25) is 5.02 Å². The highest BCUT2D eigenvalue weighted by Gasteiger charge is 2.27. The highest BCUT2D eigenvalue weighted by molar-refractivity contribution is 7.92. The Labute approximate surface area is 222 Å². The zero-order valence-corrected chi connectivity index (χ0v) is 22.1. The summed E-state index contributed by atoms with van der Waals surface area (Å²) >= 11 is 5.95. The van der Waals surface area contributed by atoms with Gasteiger partial charge in [-0.15, -0.1) is 0 Å². The number of sulfonamides is 1. The molecule has 0 radical (unpaired) electrons. The summed E-state index contributed by atoms with van der Waals surface area (Å²) in [6.07, 6.45) is 0. The number of halogens is 1. The highest BCUT2D eigenvalue weighted by Crippen LogP contribution is 2.27. The molecule has 0 aliphatic carbocycles. The second-order valence-corrected chi connectivity index (χ2v) is 10.9. The van der Waals surface area contributed by atoms with Gasteiger partial charge >= 0.3 is 0 Å². The molecule has 1 amide bonds. The predicted molar refractivity (Wildman–Crippen MR) is 148 cm³/mol. The number of benzene rings is 4. The van der Waals surface area contributed by atoms with Crippen LogP contribution >= 0.6 is 11.6 Å². The van der Waals surface area contributed by atoms with E-state index in [2.05, 4.69) is 5.32 Å². The first-order valence-electron chi connectivity index (χ1n) is 11.6. The maximum atomic E-state index is 13.5. The summed E-state index contributed by atoms with van der Waals surface area (Å²) in [5.74, 6) is 0.178. The number of amides is 1. The van der Waals surface area contributed by atoms with Crippen molar-refractivity contribution in [2.45, 2.75) is 25.3 Å². The van der Waals surface area contributed by atoms with Crippen LogP contribution in [0.5, 0.6) is 5.75 Å². The number of aryl methyl sites for hydroxylation is 2. The molecule has 0 aromatic heterocycles. The highest BCUT2D eigenvalue weighted by atomic mass is 35.5. The maximum Gasteiger partial charge on any atom is 0.264 e. The number of hydrogen-bond acceptors (Lipinski definition) is 4. The number of rotatable bonds is 9. The van der Waals surface area contributed by atoms with Crippen molar-refractivity contribution in [3.63, 3.8) is 0 Å². The Balaban J connectivity index is 1.50. The molecule has 4 aromatic rings. The summed E-state index contributed by atoms with van der Waals surface area (Å²) in [6.45, 7) is 3.87. The van der Waals surface area contributed by atoms with Crippen LogP contribution in [0, 0.1) is 13.8 Å². The van der Waals surface area contributed by atoms with E-state index in [1.807, 2.05) is 50.2 Å². The SMILES string of the molecule is Cc1ccc(N(CC(=O)Nc2ccc(OCc3ccccc3)cc2)S(=O)(=O)c2ccc(Cl)cc2)cc1C. The Morgan fingerprint density at radius 3 is 2.19 bits per heavy atom. The summed E-state index contributed by atoms with van der Waals surface area (Å²) in [5, 5.41) is 3.20. The van der Waals surface area contributed by atoms with Crippen molar-refractivity contribution in [2.24, 2.45) is 0 Å². The van der Waals surface area contributed by atoms with Crippen LogP contribution in [0.25, 0.3) is 0 Å². The summed E-state index contributed by atoms with van der Waals surface area (Å²) in [7, 11) is -4.03. The number of nitrogens with zero attached hydrogens (tertiary/aromatic N) is 1. The Morgan fingerprint density at radius 2 is 1.54 bits per heavy atom. The molecule has 1 N–H and O–H groups in total. The maximum absolute atomic E-state index is 13.5. The quantitative estimate of drug-likeness (QED) is 0.271. The minimum Gasteiger partial charge on any atom is -0.489 e. The van der Waals surface area contributed by atoms with E-state index >= 15 is 0 Å². The van der Waals surface area contributed by atoms with Crippen LogP contribution in [0.15, 0.2) is 102 Å². The number of ether oxygens (including phenoxy) is 1. The molecule has 6 nitrogen and oxygen atoms in total. The molecule has 0 heterocycles. The average Bonchev–Trinajstić information content (AvgIpc) is 2.89. The topological polar surface area (TPSA) is 75.7 Å². The molecule has 0 aliphatic rings. The zero-order chi connectivity index (χ0) is 26.4. The second-order valence-electron chi connectivity index (χ2n) is 8.58. The molecule has 4 aromatic carbocycles. The lowest BCUT2D eigenvalue weighted by atomic mass is 10.1. The zero-order valence-electron chi connectivity index (χ0n) is 20.5. The van der Waals surface area contributed by atoms with E-state index in [1.165, 1.54) is 24.3 Å². The lowest BCUT2D eigenvalue weighted by Crippen LogP contribution is -2.38. The molecule has 0 atom stereocenters. The van der Waals surface area contributed by atoms with Gasteiger partial charge in [-0.2, -0.15) is 0 Å². The average molecular weight is 535 g/mol. The van der Waals surface area contributed by atoms with Gasteiger partial charge in [0.05, 0.1) is 10.6 Å². The Kier molecular flexibility index (Phi) is 8.16. The van der Waals surface area contributed by atoms with E-state index in [-0.39, 0.29) is 4.90 Å².